The second-order valence-electron chi connectivity index (χ2n) is 8.95. The molecule has 0 spiro atoms. The Morgan fingerprint density at radius 1 is 1.33 bits per heavy atom. The number of carbonyl (C=O) groups is 1. The Bertz CT molecular complexity index is 1350. The van der Waals surface area contributed by atoms with Crippen molar-refractivity contribution in [3.63, 3.8) is 0 Å². The summed E-state index contributed by atoms with van der Waals surface area (Å²) >= 11 is 0. The van der Waals surface area contributed by atoms with Gasteiger partial charge in [-0.05, 0) is 55.5 Å². The maximum absolute atomic E-state index is 13.9. The number of ketones is 1. The molecule has 0 unspecified atom stereocenters. The van der Waals surface area contributed by atoms with Crippen LogP contribution < -0.4 is 5.32 Å². The molecule has 2 aromatic heterocycles. The minimum Gasteiger partial charge on any atom is -0.393 e. The normalized spacial score (nSPS) is 22.4. The molecule has 0 aromatic carbocycles. The smallest absolute Gasteiger partial charge is 0.393 e. The largest absolute Gasteiger partial charge is 0.417 e. The van der Waals surface area contributed by atoms with Crippen LogP contribution in [0.2, 0.25) is 0 Å². The van der Waals surface area contributed by atoms with E-state index >= 15 is 0 Å². The molecule has 2 N–H and O–H groups in total. The molecule has 8 nitrogen and oxygen atoms in total. The van der Waals surface area contributed by atoms with E-state index in [2.05, 4.69) is 27.1 Å². The number of carbonyl (C=O) groups excluding carboxylic acids is 1. The lowest BCUT2D eigenvalue weighted by atomic mass is 9.60. The first-order valence-electron chi connectivity index (χ1n) is 11.2. The van der Waals surface area contributed by atoms with Crippen molar-refractivity contribution in [1.29, 1.82) is 0 Å². The minimum absolute atomic E-state index is 0.0145. The van der Waals surface area contributed by atoms with Gasteiger partial charge in [-0.25, -0.2) is 8.42 Å². The number of nitrogens with one attached hydrogen (secondary N) is 2. The van der Waals surface area contributed by atoms with Crippen molar-refractivity contribution < 1.29 is 26.4 Å². The zero-order valence-corrected chi connectivity index (χ0v) is 20.6. The highest BCUT2D eigenvalue weighted by atomic mass is 32.2. The summed E-state index contributed by atoms with van der Waals surface area (Å²) < 4.78 is 66.9. The molecule has 2 aromatic rings. The monoisotopic (exact) mass is 521 g/mol. The van der Waals surface area contributed by atoms with E-state index in [4.69, 9.17) is 0 Å². The lowest BCUT2D eigenvalue weighted by Crippen LogP contribution is -2.49. The summed E-state index contributed by atoms with van der Waals surface area (Å²) in [6, 6.07) is 1.37. The van der Waals surface area contributed by atoms with Gasteiger partial charge in [-0.2, -0.15) is 22.6 Å². The first kappa shape index (κ1) is 25.8. The van der Waals surface area contributed by atoms with Crippen molar-refractivity contribution in [2.45, 2.75) is 37.9 Å². The van der Waals surface area contributed by atoms with Gasteiger partial charge in [0.15, 0.2) is 5.78 Å². The topological polar surface area (TPSA) is 108 Å². The van der Waals surface area contributed by atoms with Gasteiger partial charge in [-0.15, -0.1) is 0 Å². The van der Waals surface area contributed by atoms with Gasteiger partial charge in [-0.1, -0.05) is 12.2 Å². The van der Waals surface area contributed by atoms with Gasteiger partial charge in [0.2, 0.25) is 10.0 Å². The Balaban J connectivity index is 1.75. The molecular weight excluding hydrogens is 495 g/mol. The molecule has 1 saturated carbocycles. The number of nitrogens with zero attached hydrogens (tertiary/aromatic N) is 3. The van der Waals surface area contributed by atoms with Crippen LogP contribution in [0.25, 0.3) is 6.08 Å². The molecule has 36 heavy (non-hydrogen) atoms. The molecule has 2 aliphatic rings. The number of halogens is 3. The van der Waals surface area contributed by atoms with Crippen LogP contribution in [-0.4, -0.2) is 53.8 Å². The molecule has 0 amide bonds. The number of aromatic nitrogens is 3. The fourth-order valence-corrected chi connectivity index (χ4v) is 6.38. The van der Waals surface area contributed by atoms with E-state index in [-0.39, 0.29) is 23.4 Å². The molecule has 2 aliphatic carbocycles. The van der Waals surface area contributed by atoms with E-state index in [1.54, 1.807) is 13.2 Å². The number of hydrogen-bond acceptors (Lipinski definition) is 6. The van der Waals surface area contributed by atoms with Crippen molar-refractivity contribution >= 4 is 21.9 Å². The van der Waals surface area contributed by atoms with E-state index in [1.165, 1.54) is 23.6 Å². The molecule has 2 atom stereocenters. The number of sulfonamides is 1. The average molecular weight is 522 g/mol. The number of alkyl halides is 3. The van der Waals surface area contributed by atoms with Crippen molar-refractivity contribution in [2.75, 3.05) is 14.1 Å². The molecule has 0 radical (unpaired) electrons. The molecule has 12 heteroatoms. The minimum atomic E-state index is -4.58. The quantitative estimate of drug-likeness (QED) is 0.425. The van der Waals surface area contributed by atoms with Crippen LogP contribution >= 0.6 is 0 Å². The first-order chi connectivity index (χ1) is 16.9. The lowest BCUT2D eigenvalue weighted by molar-refractivity contribution is -0.137. The summed E-state index contributed by atoms with van der Waals surface area (Å²) in [7, 11) is -0.880. The number of fused-ring (bicyclic) bond motifs is 2. The fraction of sp³-hybridized carbons (Fsp3) is 0.375. The first-order valence-corrected chi connectivity index (χ1v) is 12.7. The van der Waals surface area contributed by atoms with E-state index < -0.39 is 39.0 Å². The molecule has 2 heterocycles. The summed E-state index contributed by atoms with van der Waals surface area (Å²) in [6.45, 7) is 3.59. The van der Waals surface area contributed by atoms with Crippen molar-refractivity contribution in [3.05, 3.63) is 76.4 Å². The van der Waals surface area contributed by atoms with Crippen molar-refractivity contribution in [3.8, 4) is 0 Å². The lowest BCUT2D eigenvalue weighted by Gasteiger charge is -2.45. The van der Waals surface area contributed by atoms with Crippen LogP contribution in [0.1, 0.15) is 46.6 Å². The van der Waals surface area contributed by atoms with Gasteiger partial charge in [0, 0.05) is 32.5 Å². The second kappa shape index (κ2) is 9.32. The van der Waals surface area contributed by atoms with Crippen LogP contribution in [0.15, 0.2) is 53.9 Å². The summed E-state index contributed by atoms with van der Waals surface area (Å²) in [5, 5.41) is 9.65. The zero-order valence-electron chi connectivity index (χ0n) is 19.8. The van der Waals surface area contributed by atoms with E-state index in [9.17, 15) is 26.4 Å². The van der Waals surface area contributed by atoms with Gasteiger partial charge in [-0.3, -0.25) is 14.9 Å². The molecular formula is C24H26F3N5O3S. The van der Waals surface area contributed by atoms with Crippen LogP contribution in [-0.2, 0) is 22.6 Å². The van der Waals surface area contributed by atoms with E-state index in [1.807, 2.05) is 6.08 Å². The molecule has 0 aliphatic heterocycles. The zero-order chi connectivity index (χ0) is 26.3. The molecule has 4 rings (SSSR count). The third-order valence-electron chi connectivity index (χ3n) is 6.94. The number of aromatic amines is 1. The van der Waals surface area contributed by atoms with Crippen LogP contribution in [0.4, 0.5) is 13.2 Å². The number of rotatable bonds is 7. The predicted octanol–water partition coefficient (Wildman–Crippen LogP) is 3.69. The van der Waals surface area contributed by atoms with Crippen molar-refractivity contribution in [2.24, 2.45) is 5.41 Å². The average Bonchev–Trinajstić information content (AvgIpc) is 3.30. The van der Waals surface area contributed by atoms with Crippen LogP contribution in [0.5, 0.6) is 0 Å². The highest BCUT2D eigenvalue weighted by Gasteiger charge is 2.51. The molecule has 0 saturated heterocycles. The fourth-order valence-electron chi connectivity index (χ4n) is 4.99. The van der Waals surface area contributed by atoms with Gasteiger partial charge >= 0.3 is 6.18 Å². The van der Waals surface area contributed by atoms with Gasteiger partial charge in [0.05, 0.1) is 27.8 Å². The summed E-state index contributed by atoms with van der Waals surface area (Å²) in [4.78, 5) is 17.8. The Labute approximate surface area is 207 Å². The maximum Gasteiger partial charge on any atom is 0.417 e. The highest BCUT2D eigenvalue weighted by Crippen LogP contribution is 2.50. The predicted molar refractivity (Wildman–Crippen MR) is 128 cm³/mol. The van der Waals surface area contributed by atoms with Gasteiger partial charge in [0.25, 0.3) is 0 Å². The Hall–Kier alpha value is -3.25. The maximum atomic E-state index is 13.9. The molecule has 1 fully saturated rings. The Kier molecular flexibility index (Phi) is 6.69. The third-order valence-corrected chi connectivity index (χ3v) is 8.88. The second-order valence-corrected chi connectivity index (χ2v) is 11.0. The highest BCUT2D eigenvalue weighted by molar-refractivity contribution is 7.93. The molecule has 0 bridgehead atoms. The number of hydrogen-bond donors (Lipinski definition) is 2. The number of H-pyrrole nitrogens is 1. The Morgan fingerprint density at radius 3 is 2.69 bits per heavy atom. The van der Waals surface area contributed by atoms with Crippen molar-refractivity contribution in [1.82, 2.24) is 24.8 Å². The van der Waals surface area contributed by atoms with Gasteiger partial charge < -0.3 is 5.32 Å². The summed E-state index contributed by atoms with van der Waals surface area (Å²) in [5.41, 5.74) is 0.0913. The van der Waals surface area contributed by atoms with Gasteiger partial charge in [0.1, 0.15) is 5.69 Å². The number of allylic oxidation sites excluding steroid dienone is 2. The van der Waals surface area contributed by atoms with E-state index in [0.29, 0.717) is 19.0 Å². The standard InChI is InChI=1S/C24H26F3N5O3S/c1-4-19(14-28-2)36(34,35)32(3)18-7-5-16-9-21-15(12-30-31-21)10-23(16,11-18)22(33)20-8-6-17(13-29-20)24(25,26)27/h4,6,8-9,12-14,18,28H,1,5,7,10-11H2,2-3H3,(H,30,31)/b19-14+/t18-,23-/m0/s1. The summed E-state index contributed by atoms with van der Waals surface area (Å²) in [5.74, 6) is -0.445. The SMILES string of the molecule is C=C/C(=C\NC)S(=O)(=O)N(C)[C@H]1CCC2=Cc3[nH]ncc3C[C@]2(C(=O)c2ccc(C(F)(F)F)cn2)C1. The third kappa shape index (κ3) is 4.39. The molecule has 192 valence electrons. The van der Waals surface area contributed by atoms with Crippen LogP contribution in [0, 0.1) is 5.41 Å². The summed E-state index contributed by atoms with van der Waals surface area (Å²) in [6.07, 6.45) is 3.35. The number of pyridine rings is 1. The van der Waals surface area contributed by atoms with Crippen LogP contribution in [0.3, 0.4) is 0 Å². The number of Topliss-reactive ketones (excluding diaryl/α,β-unsaturated/α-hetero) is 1. The van der Waals surface area contributed by atoms with E-state index in [0.717, 1.165) is 29.0 Å². The Morgan fingerprint density at radius 2 is 2.08 bits per heavy atom.